The Bertz CT molecular complexity index is 1050. The first-order valence-corrected chi connectivity index (χ1v) is 8.87. The molecule has 0 aliphatic carbocycles. The van der Waals surface area contributed by atoms with Gasteiger partial charge in [-0.05, 0) is 24.3 Å². The van der Waals surface area contributed by atoms with E-state index in [2.05, 4.69) is 10.4 Å². The minimum atomic E-state index is -0.540. The number of nitrogens with one attached hydrogen (secondary N) is 1. The van der Waals surface area contributed by atoms with E-state index in [9.17, 15) is 9.90 Å². The summed E-state index contributed by atoms with van der Waals surface area (Å²) in [5.41, 5.74) is 1.17. The lowest BCUT2D eigenvalue weighted by atomic mass is 10.1. The van der Waals surface area contributed by atoms with E-state index in [1.165, 1.54) is 13.3 Å². The highest BCUT2D eigenvalue weighted by molar-refractivity contribution is 6.41. The van der Waals surface area contributed by atoms with Crippen LogP contribution in [0.2, 0.25) is 15.1 Å². The number of phenolic OH excluding ortho intramolecular Hbond substituents is 1. The van der Waals surface area contributed by atoms with Crippen molar-refractivity contribution in [2.45, 2.75) is 6.54 Å². The van der Waals surface area contributed by atoms with Gasteiger partial charge in [0.15, 0.2) is 11.5 Å². The second kappa shape index (κ2) is 8.08. The summed E-state index contributed by atoms with van der Waals surface area (Å²) >= 11 is 18.0. The van der Waals surface area contributed by atoms with Crippen LogP contribution in [0.4, 0.5) is 5.69 Å². The molecule has 9 heteroatoms. The van der Waals surface area contributed by atoms with Gasteiger partial charge in [-0.1, -0.05) is 46.9 Å². The summed E-state index contributed by atoms with van der Waals surface area (Å²) in [5, 5.41) is 17.6. The average molecular weight is 427 g/mol. The molecule has 1 heterocycles. The number of aromatic nitrogens is 2. The van der Waals surface area contributed by atoms with Crippen molar-refractivity contribution in [3.05, 3.63) is 73.6 Å². The molecular weight excluding hydrogens is 413 g/mol. The van der Waals surface area contributed by atoms with Crippen LogP contribution in [-0.4, -0.2) is 22.0 Å². The highest BCUT2D eigenvalue weighted by atomic mass is 35.5. The number of benzene rings is 2. The van der Waals surface area contributed by atoms with Gasteiger partial charge in [-0.25, -0.2) is 0 Å². The Morgan fingerprint density at radius 1 is 1.19 bits per heavy atom. The van der Waals surface area contributed by atoms with Crippen LogP contribution in [-0.2, 0) is 6.54 Å². The molecule has 3 rings (SSSR count). The maximum Gasteiger partial charge on any atom is 0.291 e. The first-order valence-electron chi connectivity index (χ1n) is 7.74. The van der Waals surface area contributed by atoms with Gasteiger partial charge in [0.1, 0.15) is 5.02 Å². The molecule has 0 saturated heterocycles. The smallest absolute Gasteiger partial charge is 0.291 e. The normalized spacial score (nSPS) is 10.7. The maximum absolute atomic E-state index is 12.2. The van der Waals surface area contributed by atoms with Crippen LogP contribution >= 0.6 is 34.8 Å². The highest BCUT2D eigenvalue weighted by Crippen LogP contribution is 2.31. The van der Waals surface area contributed by atoms with Gasteiger partial charge in [0.2, 0.25) is 0 Å². The highest BCUT2D eigenvalue weighted by Gasteiger charge is 2.12. The molecular formula is C18H14Cl3N3O3. The summed E-state index contributed by atoms with van der Waals surface area (Å²) in [4.78, 5) is 12.2. The standard InChI is InChI=1S/C18H14Cl3N3O3/c1-27-15-4-2-3-10(17(15)25)8-22-14-6-5-11(7-12(14)19)24-18(26)16(21)13(20)9-23-24/h2-7,9,22,25H,8H2,1H3. The van der Waals surface area contributed by atoms with Crippen molar-refractivity contribution in [2.24, 2.45) is 0 Å². The van der Waals surface area contributed by atoms with E-state index in [1.54, 1.807) is 36.4 Å². The zero-order valence-electron chi connectivity index (χ0n) is 14.0. The molecule has 140 valence electrons. The summed E-state index contributed by atoms with van der Waals surface area (Å²) in [5.74, 6) is 0.451. The second-order valence-corrected chi connectivity index (χ2v) is 6.70. The molecule has 27 heavy (non-hydrogen) atoms. The Hall–Kier alpha value is -2.41. The number of para-hydroxylation sites is 1. The van der Waals surface area contributed by atoms with Gasteiger partial charge in [0, 0.05) is 12.1 Å². The number of phenols is 1. The summed E-state index contributed by atoms with van der Waals surface area (Å²) in [7, 11) is 1.49. The van der Waals surface area contributed by atoms with Crippen molar-refractivity contribution < 1.29 is 9.84 Å². The molecule has 0 unspecified atom stereocenters. The van der Waals surface area contributed by atoms with Crippen molar-refractivity contribution in [1.29, 1.82) is 0 Å². The van der Waals surface area contributed by atoms with E-state index >= 15 is 0 Å². The van der Waals surface area contributed by atoms with E-state index in [0.717, 1.165) is 4.68 Å². The van der Waals surface area contributed by atoms with Gasteiger partial charge in [-0.3, -0.25) is 4.79 Å². The molecule has 0 amide bonds. The van der Waals surface area contributed by atoms with Gasteiger partial charge in [-0.2, -0.15) is 9.78 Å². The number of methoxy groups -OCH3 is 1. The average Bonchev–Trinajstić information content (AvgIpc) is 2.66. The van der Waals surface area contributed by atoms with Crippen LogP contribution in [0, 0.1) is 0 Å². The Morgan fingerprint density at radius 2 is 1.96 bits per heavy atom. The molecule has 6 nitrogen and oxygen atoms in total. The number of nitrogens with zero attached hydrogens (tertiary/aromatic N) is 2. The first-order chi connectivity index (χ1) is 12.9. The molecule has 0 spiro atoms. The van der Waals surface area contributed by atoms with Gasteiger partial charge in [0.25, 0.3) is 5.56 Å². The Morgan fingerprint density at radius 3 is 2.67 bits per heavy atom. The molecule has 3 aromatic rings. The zero-order valence-corrected chi connectivity index (χ0v) is 16.3. The van der Waals surface area contributed by atoms with Gasteiger partial charge >= 0.3 is 0 Å². The molecule has 1 aromatic heterocycles. The number of rotatable bonds is 5. The van der Waals surface area contributed by atoms with E-state index in [4.69, 9.17) is 39.5 Å². The van der Waals surface area contributed by atoms with E-state index in [0.29, 0.717) is 34.3 Å². The fraction of sp³-hybridized carbons (Fsp3) is 0.111. The number of ether oxygens (including phenoxy) is 1. The van der Waals surface area contributed by atoms with E-state index in [-0.39, 0.29) is 15.8 Å². The van der Waals surface area contributed by atoms with Crippen LogP contribution in [0.3, 0.4) is 0 Å². The molecule has 2 aromatic carbocycles. The quantitative estimate of drug-likeness (QED) is 0.627. The Labute approximate surface area is 169 Å². The van der Waals surface area contributed by atoms with Crippen molar-refractivity contribution >= 4 is 40.5 Å². The molecule has 0 bridgehead atoms. The SMILES string of the molecule is COc1cccc(CNc2ccc(-n3ncc(Cl)c(Cl)c3=O)cc2Cl)c1O. The largest absolute Gasteiger partial charge is 0.504 e. The minimum absolute atomic E-state index is 0.0619. The fourth-order valence-corrected chi connectivity index (χ4v) is 2.94. The van der Waals surface area contributed by atoms with Crippen LogP contribution < -0.4 is 15.6 Å². The molecule has 0 radical (unpaired) electrons. The van der Waals surface area contributed by atoms with Crippen LogP contribution in [0.5, 0.6) is 11.5 Å². The van der Waals surface area contributed by atoms with Crippen molar-refractivity contribution in [3.8, 4) is 17.2 Å². The van der Waals surface area contributed by atoms with Crippen LogP contribution in [0.15, 0.2) is 47.4 Å². The first kappa shape index (κ1) is 19.4. The topological polar surface area (TPSA) is 76.4 Å². The third-order valence-electron chi connectivity index (χ3n) is 3.85. The lowest BCUT2D eigenvalue weighted by Gasteiger charge is -2.13. The summed E-state index contributed by atoms with van der Waals surface area (Å²) < 4.78 is 6.20. The lowest BCUT2D eigenvalue weighted by molar-refractivity contribution is 0.371. The fourth-order valence-electron chi connectivity index (χ4n) is 2.44. The lowest BCUT2D eigenvalue weighted by Crippen LogP contribution is -2.21. The molecule has 2 N–H and O–H groups in total. The third kappa shape index (κ3) is 3.98. The minimum Gasteiger partial charge on any atom is -0.504 e. The van der Waals surface area contributed by atoms with Crippen molar-refractivity contribution in [1.82, 2.24) is 9.78 Å². The Balaban J connectivity index is 1.84. The number of aromatic hydroxyl groups is 1. The predicted octanol–water partition coefficient (Wildman–Crippen LogP) is 4.52. The zero-order chi connectivity index (χ0) is 19.6. The van der Waals surface area contributed by atoms with E-state index < -0.39 is 5.56 Å². The molecule has 0 fully saturated rings. The summed E-state index contributed by atoms with van der Waals surface area (Å²) in [6, 6.07) is 10.2. The van der Waals surface area contributed by atoms with E-state index in [1.807, 2.05) is 0 Å². The summed E-state index contributed by atoms with van der Waals surface area (Å²) in [6.45, 7) is 0.326. The number of anilines is 1. The number of hydrogen-bond donors (Lipinski definition) is 2. The number of halogens is 3. The predicted molar refractivity (Wildman–Crippen MR) is 107 cm³/mol. The van der Waals surface area contributed by atoms with Crippen molar-refractivity contribution in [3.63, 3.8) is 0 Å². The third-order valence-corrected chi connectivity index (χ3v) is 4.91. The molecule has 0 aliphatic rings. The molecule has 0 aliphatic heterocycles. The monoisotopic (exact) mass is 425 g/mol. The summed E-state index contributed by atoms with van der Waals surface area (Å²) in [6.07, 6.45) is 1.29. The van der Waals surface area contributed by atoms with Crippen molar-refractivity contribution in [2.75, 3.05) is 12.4 Å². The van der Waals surface area contributed by atoms with Crippen LogP contribution in [0.25, 0.3) is 5.69 Å². The molecule has 0 atom stereocenters. The van der Waals surface area contributed by atoms with Gasteiger partial charge in [-0.15, -0.1) is 0 Å². The van der Waals surface area contributed by atoms with Gasteiger partial charge in [0.05, 0.1) is 34.7 Å². The molecule has 0 saturated carbocycles. The second-order valence-electron chi connectivity index (χ2n) is 5.51. The van der Waals surface area contributed by atoms with Gasteiger partial charge < -0.3 is 15.2 Å². The van der Waals surface area contributed by atoms with Crippen LogP contribution in [0.1, 0.15) is 5.56 Å². The Kier molecular flexibility index (Phi) is 5.79. The number of hydrogen-bond acceptors (Lipinski definition) is 5. The maximum atomic E-state index is 12.2.